The topological polar surface area (TPSA) is 38.7 Å². The monoisotopic (exact) mass is 378 g/mol. The first-order chi connectivity index (χ1) is 13.1. The van der Waals surface area contributed by atoms with Gasteiger partial charge in [0.25, 0.3) is 0 Å². The molecule has 0 aliphatic carbocycles. The van der Waals surface area contributed by atoms with Gasteiger partial charge in [-0.3, -0.25) is 0 Å². The van der Waals surface area contributed by atoms with Crippen LogP contribution in [-0.2, 0) is 0 Å². The molecular formula is C23H23O3P. The molecule has 138 valence electrons. The Morgan fingerprint density at radius 2 is 1.04 bits per heavy atom. The maximum atomic E-state index is 11.4. The molecule has 0 aliphatic heterocycles. The van der Waals surface area contributed by atoms with E-state index in [1.165, 1.54) is 0 Å². The molecule has 0 amide bonds. The zero-order valence-corrected chi connectivity index (χ0v) is 16.4. The molecule has 0 radical (unpaired) electrons. The van der Waals surface area contributed by atoms with Crippen molar-refractivity contribution >= 4 is 29.5 Å². The molecular weight excluding hydrogens is 355 g/mol. The SMILES string of the molecule is CC(C)[PH](O)(Oc1cccc2ccccc12)Oc1cccc2ccccc12. The average Bonchev–Trinajstić information content (AvgIpc) is 2.68. The van der Waals surface area contributed by atoms with E-state index < -0.39 is 7.94 Å². The summed E-state index contributed by atoms with van der Waals surface area (Å²) in [5.41, 5.74) is -0.157. The molecule has 0 spiro atoms. The summed E-state index contributed by atoms with van der Waals surface area (Å²) >= 11 is 0. The van der Waals surface area contributed by atoms with Gasteiger partial charge in [-0.25, -0.2) is 0 Å². The number of fused-ring (bicyclic) bond motifs is 2. The molecule has 0 aliphatic rings. The van der Waals surface area contributed by atoms with Gasteiger partial charge < -0.3 is 0 Å². The van der Waals surface area contributed by atoms with Gasteiger partial charge in [0, 0.05) is 0 Å². The van der Waals surface area contributed by atoms with E-state index in [4.69, 9.17) is 9.05 Å². The molecule has 0 fully saturated rings. The molecule has 0 atom stereocenters. The summed E-state index contributed by atoms with van der Waals surface area (Å²) < 4.78 is 12.4. The number of rotatable bonds is 5. The van der Waals surface area contributed by atoms with Gasteiger partial charge in [-0.15, -0.1) is 0 Å². The molecule has 0 saturated carbocycles. The van der Waals surface area contributed by atoms with Crippen LogP contribution in [0.4, 0.5) is 0 Å². The van der Waals surface area contributed by atoms with Gasteiger partial charge in [0.2, 0.25) is 0 Å². The third-order valence-corrected chi connectivity index (χ3v) is 7.23. The molecule has 0 bridgehead atoms. The molecule has 1 N–H and O–H groups in total. The van der Waals surface area contributed by atoms with E-state index >= 15 is 0 Å². The van der Waals surface area contributed by atoms with Gasteiger partial charge in [-0.1, -0.05) is 0 Å². The first kappa shape index (κ1) is 17.8. The average molecular weight is 378 g/mol. The Morgan fingerprint density at radius 3 is 1.48 bits per heavy atom. The predicted octanol–water partition coefficient (Wildman–Crippen LogP) is 6.35. The van der Waals surface area contributed by atoms with Crippen LogP contribution in [0.15, 0.2) is 84.9 Å². The van der Waals surface area contributed by atoms with Crippen molar-refractivity contribution in [1.82, 2.24) is 0 Å². The van der Waals surface area contributed by atoms with Crippen LogP contribution in [0.25, 0.3) is 21.5 Å². The molecule has 4 aromatic rings. The second-order valence-corrected chi connectivity index (χ2v) is 9.77. The van der Waals surface area contributed by atoms with Crippen LogP contribution in [0.1, 0.15) is 13.8 Å². The van der Waals surface area contributed by atoms with Crippen molar-refractivity contribution in [3.8, 4) is 11.5 Å². The number of benzene rings is 4. The minimum atomic E-state index is -3.54. The van der Waals surface area contributed by atoms with E-state index in [9.17, 15) is 4.89 Å². The summed E-state index contributed by atoms with van der Waals surface area (Å²) in [5.74, 6) is 1.30. The zero-order chi connectivity index (χ0) is 18.9. The van der Waals surface area contributed by atoms with Crippen LogP contribution in [0.2, 0.25) is 0 Å². The molecule has 0 saturated heterocycles. The van der Waals surface area contributed by atoms with Gasteiger partial charge in [0.05, 0.1) is 0 Å². The van der Waals surface area contributed by atoms with Crippen LogP contribution < -0.4 is 9.05 Å². The van der Waals surface area contributed by atoms with E-state index in [0.29, 0.717) is 11.5 Å². The van der Waals surface area contributed by atoms with E-state index in [1.54, 1.807) is 0 Å². The molecule has 0 aromatic heterocycles. The van der Waals surface area contributed by atoms with Crippen molar-refractivity contribution in [3.63, 3.8) is 0 Å². The molecule has 27 heavy (non-hydrogen) atoms. The molecule has 0 unspecified atom stereocenters. The Morgan fingerprint density at radius 1 is 0.630 bits per heavy atom. The quantitative estimate of drug-likeness (QED) is 0.412. The second kappa shape index (κ2) is 7.19. The van der Waals surface area contributed by atoms with Crippen molar-refractivity contribution in [3.05, 3.63) is 84.9 Å². The van der Waals surface area contributed by atoms with Crippen LogP contribution in [-0.4, -0.2) is 10.6 Å². The molecule has 4 heteroatoms. The van der Waals surface area contributed by atoms with Gasteiger partial charge in [0.1, 0.15) is 0 Å². The van der Waals surface area contributed by atoms with Gasteiger partial charge in [-0.2, -0.15) is 0 Å². The molecule has 0 heterocycles. The van der Waals surface area contributed by atoms with Crippen LogP contribution in [0.3, 0.4) is 0 Å². The Balaban J connectivity index is 1.74. The van der Waals surface area contributed by atoms with Crippen molar-refractivity contribution in [1.29, 1.82) is 0 Å². The number of hydrogen-bond acceptors (Lipinski definition) is 3. The molecule has 4 aromatic carbocycles. The van der Waals surface area contributed by atoms with Crippen molar-refractivity contribution < 1.29 is 13.9 Å². The molecule has 4 rings (SSSR count). The summed E-state index contributed by atoms with van der Waals surface area (Å²) in [6.07, 6.45) is 0. The van der Waals surface area contributed by atoms with Crippen LogP contribution >= 0.6 is 7.94 Å². The van der Waals surface area contributed by atoms with Gasteiger partial charge >= 0.3 is 159 Å². The summed E-state index contributed by atoms with van der Waals surface area (Å²) in [4.78, 5) is 11.4. The van der Waals surface area contributed by atoms with E-state index in [0.717, 1.165) is 21.5 Å². The fraction of sp³-hybridized carbons (Fsp3) is 0.130. The van der Waals surface area contributed by atoms with Crippen molar-refractivity contribution in [2.45, 2.75) is 19.5 Å². The maximum absolute atomic E-state index is 11.4. The Hall–Kier alpha value is -2.61. The van der Waals surface area contributed by atoms with Crippen molar-refractivity contribution in [2.75, 3.05) is 0 Å². The first-order valence-electron chi connectivity index (χ1n) is 9.13. The third kappa shape index (κ3) is 3.49. The fourth-order valence-electron chi connectivity index (χ4n) is 3.14. The predicted molar refractivity (Wildman–Crippen MR) is 115 cm³/mol. The molecule has 3 nitrogen and oxygen atoms in total. The first-order valence-corrected chi connectivity index (χ1v) is 11.0. The standard InChI is InChI=1S/C23H23O3P/c1-17(2)27(24,25-22-15-7-11-18-9-3-5-13-20(18)22)26-23-16-8-12-19-10-4-6-14-21(19)23/h3-17,24,27H,1-2H3. The minimum absolute atomic E-state index is 0.157. The summed E-state index contributed by atoms with van der Waals surface area (Å²) in [7, 11) is -3.54. The van der Waals surface area contributed by atoms with Crippen LogP contribution in [0.5, 0.6) is 11.5 Å². The Bertz CT molecular complexity index is 999. The van der Waals surface area contributed by atoms with E-state index in [-0.39, 0.29) is 5.66 Å². The second-order valence-electron chi connectivity index (χ2n) is 6.94. The number of hydrogen-bond donors (Lipinski definition) is 1. The normalized spacial score (nSPS) is 12.4. The summed E-state index contributed by atoms with van der Waals surface area (Å²) in [5, 5.41) is 4.07. The van der Waals surface area contributed by atoms with E-state index in [2.05, 4.69) is 0 Å². The van der Waals surface area contributed by atoms with Gasteiger partial charge in [-0.05, 0) is 0 Å². The Labute approximate surface area is 159 Å². The van der Waals surface area contributed by atoms with Crippen molar-refractivity contribution in [2.24, 2.45) is 0 Å². The Kier molecular flexibility index (Phi) is 4.73. The fourth-order valence-corrected chi connectivity index (χ4v) is 4.64. The van der Waals surface area contributed by atoms with Gasteiger partial charge in [0.15, 0.2) is 0 Å². The summed E-state index contributed by atoms with van der Waals surface area (Å²) in [6.45, 7) is 3.87. The van der Waals surface area contributed by atoms with Crippen LogP contribution in [0, 0.1) is 0 Å². The zero-order valence-electron chi connectivity index (χ0n) is 15.4. The summed E-state index contributed by atoms with van der Waals surface area (Å²) in [6, 6.07) is 27.7. The third-order valence-electron chi connectivity index (χ3n) is 4.74. The van der Waals surface area contributed by atoms with E-state index in [1.807, 2.05) is 98.8 Å².